The minimum absolute atomic E-state index is 0.0635. The summed E-state index contributed by atoms with van der Waals surface area (Å²) < 4.78 is 10.9. The highest BCUT2D eigenvalue weighted by Gasteiger charge is 2.51. The molecule has 2 aromatic rings. The Bertz CT molecular complexity index is 1410. The molecule has 0 aromatic heterocycles. The lowest BCUT2D eigenvalue weighted by Crippen LogP contribution is -2.64. The molecule has 0 radical (unpaired) electrons. The Morgan fingerprint density at radius 3 is 1.77 bits per heavy atom. The number of imide groups is 2. The van der Waals surface area contributed by atoms with Crippen LogP contribution < -0.4 is 26.6 Å². The zero-order valence-electron chi connectivity index (χ0n) is 27.1. The second kappa shape index (κ2) is 19.7. The average molecular weight is 666 g/mol. The molecule has 5 N–H and O–H groups in total. The molecule has 1 aliphatic heterocycles. The zero-order chi connectivity index (χ0) is 34.8. The first-order valence-corrected chi connectivity index (χ1v) is 15.9. The van der Waals surface area contributed by atoms with Gasteiger partial charge in [-0.2, -0.15) is 0 Å². The lowest BCUT2D eigenvalue weighted by Gasteiger charge is -2.34. The van der Waals surface area contributed by atoms with Crippen molar-refractivity contribution in [2.45, 2.75) is 50.9 Å². The van der Waals surface area contributed by atoms with Crippen molar-refractivity contribution in [2.24, 2.45) is 0 Å². The van der Waals surface area contributed by atoms with E-state index in [4.69, 9.17) is 9.47 Å². The van der Waals surface area contributed by atoms with E-state index in [1.165, 1.54) is 6.92 Å². The number of amides is 7. The third-order valence-corrected chi connectivity index (χ3v) is 7.63. The summed E-state index contributed by atoms with van der Waals surface area (Å²) in [5.41, 5.74) is -0.0370. The third kappa shape index (κ3) is 11.7. The van der Waals surface area contributed by atoms with Gasteiger partial charge in [-0.05, 0) is 50.3 Å². The van der Waals surface area contributed by atoms with E-state index in [-0.39, 0.29) is 42.8 Å². The minimum Gasteiger partial charge on any atom is -0.377 e. The largest absolute Gasteiger partial charge is 0.377 e. The molecule has 0 spiro atoms. The van der Waals surface area contributed by atoms with E-state index in [0.717, 1.165) is 0 Å². The predicted octanol–water partition coefficient (Wildman–Crippen LogP) is 1.53. The summed E-state index contributed by atoms with van der Waals surface area (Å²) in [5, 5.41) is 12.6. The maximum Gasteiger partial charge on any atom is 0.328 e. The third-order valence-electron chi connectivity index (χ3n) is 7.63. The highest BCUT2D eigenvalue weighted by Crippen LogP contribution is 2.32. The molecule has 14 nitrogen and oxygen atoms in total. The van der Waals surface area contributed by atoms with E-state index in [2.05, 4.69) is 26.6 Å². The predicted molar refractivity (Wildman–Crippen MR) is 174 cm³/mol. The van der Waals surface area contributed by atoms with Gasteiger partial charge in [-0.15, -0.1) is 0 Å². The summed E-state index contributed by atoms with van der Waals surface area (Å²) >= 11 is 0. The maximum atomic E-state index is 12.8. The molecule has 0 atom stereocenters. The monoisotopic (exact) mass is 665 g/mol. The Balaban J connectivity index is 1.16. The van der Waals surface area contributed by atoms with Crippen molar-refractivity contribution >= 4 is 41.4 Å². The lowest BCUT2D eigenvalue weighted by atomic mass is 9.73. The molecule has 7 amide bonds. The molecular weight excluding hydrogens is 622 g/mol. The Morgan fingerprint density at radius 2 is 1.19 bits per heavy atom. The summed E-state index contributed by atoms with van der Waals surface area (Å²) in [6.45, 7) is 3.70. The minimum atomic E-state index is -1.53. The molecule has 2 aromatic carbocycles. The number of carbonyl (C=O) groups is 7. The number of unbranched alkanes of at least 4 members (excludes halogenated alkanes) is 1. The topological polar surface area (TPSA) is 198 Å². The van der Waals surface area contributed by atoms with Gasteiger partial charge in [0.25, 0.3) is 5.91 Å². The Hall–Kier alpha value is -4.95. The van der Waals surface area contributed by atoms with Crippen LogP contribution in [0.5, 0.6) is 0 Å². The fraction of sp³-hybridized carbons (Fsp3) is 0.441. The molecule has 0 unspecified atom stereocenters. The van der Waals surface area contributed by atoms with Crippen molar-refractivity contribution in [3.05, 3.63) is 71.3 Å². The number of Topliss-reactive ketones (excluding diaryl/α,β-unsaturated/α-hetero) is 1. The number of rotatable bonds is 21. The Morgan fingerprint density at radius 1 is 0.646 bits per heavy atom. The van der Waals surface area contributed by atoms with Crippen molar-refractivity contribution in [2.75, 3.05) is 46.1 Å². The van der Waals surface area contributed by atoms with Gasteiger partial charge in [0.05, 0.1) is 26.4 Å². The maximum absolute atomic E-state index is 12.8. The molecule has 1 aliphatic rings. The van der Waals surface area contributed by atoms with Gasteiger partial charge in [0, 0.05) is 43.6 Å². The van der Waals surface area contributed by atoms with Gasteiger partial charge in [0.2, 0.25) is 23.6 Å². The summed E-state index contributed by atoms with van der Waals surface area (Å²) in [6, 6.07) is 14.1. The van der Waals surface area contributed by atoms with Crippen LogP contribution in [-0.4, -0.2) is 87.4 Å². The number of ketones is 1. The van der Waals surface area contributed by atoms with Gasteiger partial charge >= 0.3 is 6.03 Å². The van der Waals surface area contributed by atoms with Crippen LogP contribution in [-0.2, 0) is 34.1 Å². The average Bonchev–Trinajstić information content (AvgIpc) is 3.07. The summed E-state index contributed by atoms with van der Waals surface area (Å²) in [6.07, 6.45) is 1.85. The number of urea groups is 1. The molecule has 0 bridgehead atoms. The highest BCUT2D eigenvalue weighted by atomic mass is 16.5. The summed E-state index contributed by atoms with van der Waals surface area (Å²) in [5.74, 6) is -2.05. The summed E-state index contributed by atoms with van der Waals surface area (Å²) in [7, 11) is 0. The van der Waals surface area contributed by atoms with Crippen LogP contribution in [0.4, 0.5) is 4.79 Å². The van der Waals surface area contributed by atoms with Crippen molar-refractivity contribution in [3.8, 4) is 0 Å². The van der Waals surface area contributed by atoms with Crippen LogP contribution in [0.3, 0.4) is 0 Å². The van der Waals surface area contributed by atoms with Crippen LogP contribution in [0.25, 0.3) is 0 Å². The van der Waals surface area contributed by atoms with E-state index in [1.54, 1.807) is 54.6 Å². The van der Waals surface area contributed by atoms with Crippen LogP contribution in [0.1, 0.15) is 71.7 Å². The van der Waals surface area contributed by atoms with Crippen molar-refractivity contribution in [3.63, 3.8) is 0 Å². The van der Waals surface area contributed by atoms with E-state index < -0.39 is 23.3 Å². The SMILES string of the molecule is CC(=O)c1ccc(C(=O)NCCOCCOCCNC(=O)CCCC(=O)NCCCCC2(c3ccccc3)C(=O)NC(=O)NC2=O)cc1. The van der Waals surface area contributed by atoms with Crippen molar-refractivity contribution in [1.82, 2.24) is 26.6 Å². The quantitative estimate of drug-likeness (QED) is 0.0746. The zero-order valence-corrected chi connectivity index (χ0v) is 27.1. The number of benzene rings is 2. The van der Waals surface area contributed by atoms with E-state index in [9.17, 15) is 33.6 Å². The molecule has 1 fully saturated rings. The molecule has 0 saturated carbocycles. The number of barbiturate groups is 1. The second-order valence-corrected chi connectivity index (χ2v) is 11.1. The number of carbonyl (C=O) groups excluding carboxylic acids is 7. The fourth-order valence-corrected chi connectivity index (χ4v) is 5.02. The van der Waals surface area contributed by atoms with Gasteiger partial charge in [0.1, 0.15) is 0 Å². The van der Waals surface area contributed by atoms with Crippen molar-refractivity contribution < 1.29 is 43.0 Å². The van der Waals surface area contributed by atoms with Gasteiger partial charge in [-0.25, -0.2) is 4.79 Å². The van der Waals surface area contributed by atoms with Gasteiger partial charge in [-0.1, -0.05) is 42.5 Å². The first kappa shape index (κ1) is 37.5. The molecule has 14 heteroatoms. The Labute approximate surface area is 279 Å². The standard InChI is InChI=1S/C34H43N5O9/c1-24(40)25-12-14-26(15-13-25)30(43)37-19-21-48-23-22-47-20-18-36-29(42)11-7-10-28(41)35-17-6-5-16-34(27-8-3-2-4-9-27)31(44)38-33(46)39-32(34)45/h2-4,8-9,12-15H,5-7,10-11,16-23H2,1H3,(H,35,41)(H,36,42)(H,37,43)(H2,38,39,44,45,46). The first-order chi connectivity index (χ1) is 23.1. The number of nitrogens with one attached hydrogen (secondary N) is 5. The number of hydrogen-bond donors (Lipinski definition) is 5. The van der Waals surface area contributed by atoms with Crippen LogP contribution in [0.15, 0.2) is 54.6 Å². The van der Waals surface area contributed by atoms with E-state index in [1.807, 2.05) is 0 Å². The fourth-order valence-electron chi connectivity index (χ4n) is 5.02. The van der Waals surface area contributed by atoms with Crippen LogP contribution in [0, 0.1) is 0 Å². The molecule has 3 rings (SSSR count). The normalized spacial score (nSPS) is 13.6. The smallest absolute Gasteiger partial charge is 0.328 e. The molecular formula is C34H43N5O9. The van der Waals surface area contributed by atoms with Gasteiger partial charge in [0.15, 0.2) is 11.2 Å². The molecule has 0 aliphatic carbocycles. The van der Waals surface area contributed by atoms with E-state index in [0.29, 0.717) is 82.0 Å². The molecule has 1 saturated heterocycles. The van der Waals surface area contributed by atoms with Crippen molar-refractivity contribution in [1.29, 1.82) is 0 Å². The highest BCUT2D eigenvalue weighted by molar-refractivity contribution is 6.22. The summed E-state index contributed by atoms with van der Waals surface area (Å²) in [4.78, 5) is 84.9. The van der Waals surface area contributed by atoms with Crippen LogP contribution in [0.2, 0.25) is 0 Å². The van der Waals surface area contributed by atoms with Gasteiger partial charge < -0.3 is 25.4 Å². The molecule has 48 heavy (non-hydrogen) atoms. The molecule has 258 valence electrons. The second-order valence-electron chi connectivity index (χ2n) is 11.1. The number of hydrogen-bond acceptors (Lipinski definition) is 9. The Kier molecular flexibility index (Phi) is 15.4. The lowest BCUT2D eigenvalue weighted by molar-refractivity contribution is -0.139. The number of ether oxygens (including phenoxy) is 2. The van der Waals surface area contributed by atoms with Gasteiger partial charge in [-0.3, -0.25) is 39.4 Å². The van der Waals surface area contributed by atoms with Crippen LogP contribution >= 0.6 is 0 Å². The molecule has 1 heterocycles. The van der Waals surface area contributed by atoms with E-state index >= 15 is 0 Å². The first-order valence-electron chi connectivity index (χ1n) is 15.9.